The molecule has 160 valence electrons. The largest absolute Gasteiger partial charge is 0.342 e. The Balaban J connectivity index is 1.37. The zero-order valence-corrected chi connectivity index (χ0v) is 18.3. The van der Waals surface area contributed by atoms with Gasteiger partial charge in [-0.1, -0.05) is 44.2 Å². The van der Waals surface area contributed by atoms with Gasteiger partial charge in [-0.25, -0.2) is 4.79 Å². The van der Waals surface area contributed by atoms with Crippen LogP contribution in [0.25, 0.3) is 0 Å². The molecule has 0 radical (unpaired) electrons. The molecule has 1 aliphatic heterocycles. The Kier molecular flexibility index (Phi) is 7.57. The fourth-order valence-corrected chi connectivity index (χ4v) is 4.79. The first-order valence-electron chi connectivity index (χ1n) is 11.3. The zero-order valence-electron chi connectivity index (χ0n) is 18.3. The van der Waals surface area contributed by atoms with Gasteiger partial charge in [0.2, 0.25) is 5.91 Å². The second kappa shape index (κ2) is 10.1. The molecule has 5 heteroatoms. The van der Waals surface area contributed by atoms with Gasteiger partial charge in [-0.3, -0.25) is 4.79 Å². The van der Waals surface area contributed by atoms with Gasteiger partial charge in [0.05, 0.1) is 0 Å². The van der Waals surface area contributed by atoms with Crippen LogP contribution in [-0.2, 0) is 4.79 Å². The number of nitrogens with one attached hydrogen (secondary N) is 1. The smallest absolute Gasteiger partial charge is 0.317 e. The number of hydrogen-bond donors (Lipinski definition) is 1. The minimum atomic E-state index is 0.0313. The minimum absolute atomic E-state index is 0.0313. The van der Waals surface area contributed by atoms with E-state index >= 15 is 0 Å². The van der Waals surface area contributed by atoms with Crippen molar-refractivity contribution in [2.24, 2.45) is 11.8 Å². The summed E-state index contributed by atoms with van der Waals surface area (Å²) in [5, 5.41) is 3.16. The predicted molar refractivity (Wildman–Crippen MR) is 117 cm³/mol. The highest BCUT2D eigenvalue weighted by Gasteiger charge is 2.29. The van der Waals surface area contributed by atoms with Gasteiger partial charge in [-0.15, -0.1) is 0 Å². The topological polar surface area (TPSA) is 52.7 Å². The van der Waals surface area contributed by atoms with E-state index in [0.29, 0.717) is 11.8 Å². The van der Waals surface area contributed by atoms with Crippen LogP contribution in [-0.4, -0.2) is 54.5 Å². The summed E-state index contributed by atoms with van der Waals surface area (Å²) in [4.78, 5) is 28.6. The molecule has 1 heterocycles. The third-order valence-electron chi connectivity index (χ3n) is 6.80. The number of piperidine rings is 1. The number of nitrogens with zero attached hydrogens (tertiary/aromatic N) is 2. The van der Waals surface area contributed by atoms with E-state index in [2.05, 4.69) is 35.6 Å². The Hall–Kier alpha value is -2.04. The summed E-state index contributed by atoms with van der Waals surface area (Å²) < 4.78 is 0. The van der Waals surface area contributed by atoms with Gasteiger partial charge in [0, 0.05) is 38.6 Å². The molecule has 2 aliphatic rings. The lowest BCUT2D eigenvalue weighted by molar-refractivity contribution is -0.135. The van der Waals surface area contributed by atoms with Crippen LogP contribution in [0.1, 0.15) is 63.9 Å². The summed E-state index contributed by atoms with van der Waals surface area (Å²) in [6.45, 7) is 6.17. The van der Waals surface area contributed by atoms with Crippen molar-refractivity contribution < 1.29 is 9.59 Å². The van der Waals surface area contributed by atoms with Crippen molar-refractivity contribution in [1.82, 2.24) is 15.1 Å². The van der Waals surface area contributed by atoms with E-state index in [1.165, 1.54) is 31.2 Å². The maximum Gasteiger partial charge on any atom is 0.317 e. The van der Waals surface area contributed by atoms with Gasteiger partial charge < -0.3 is 15.1 Å². The molecule has 0 unspecified atom stereocenters. The van der Waals surface area contributed by atoms with Crippen molar-refractivity contribution in [3.8, 4) is 0 Å². The van der Waals surface area contributed by atoms with Crippen LogP contribution in [0.5, 0.6) is 0 Å². The van der Waals surface area contributed by atoms with Gasteiger partial charge in [0.25, 0.3) is 0 Å². The van der Waals surface area contributed by atoms with Crippen molar-refractivity contribution in [1.29, 1.82) is 0 Å². The lowest BCUT2D eigenvalue weighted by Gasteiger charge is -2.37. The fourth-order valence-electron chi connectivity index (χ4n) is 4.79. The second-order valence-electron chi connectivity index (χ2n) is 9.14. The quantitative estimate of drug-likeness (QED) is 0.805. The van der Waals surface area contributed by atoms with Crippen molar-refractivity contribution >= 4 is 11.9 Å². The lowest BCUT2D eigenvalue weighted by atomic mass is 9.79. The van der Waals surface area contributed by atoms with E-state index in [1.54, 1.807) is 0 Å². The Morgan fingerprint density at radius 3 is 2.24 bits per heavy atom. The number of carbonyl (C=O) groups is 2. The molecule has 0 spiro atoms. The van der Waals surface area contributed by atoms with Crippen LogP contribution in [0.4, 0.5) is 4.79 Å². The Labute approximate surface area is 175 Å². The summed E-state index contributed by atoms with van der Waals surface area (Å²) >= 11 is 0. The first-order chi connectivity index (χ1) is 14.0. The molecule has 0 bridgehead atoms. The monoisotopic (exact) mass is 399 g/mol. The first-order valence-corrected chi connectivity index (χ1v) is 11.3. The molecule has 1 aromatic carbocycles. The molecule has 29 heavy (non-hydrogen) atoms. The Morgan fingerprint density at radius 2 is 1.66 bits per heavy atom. The van der Waals surface area contributed by atoms with Gasteiger partial charge in [0.1, 0.15) is 0 Å². The number of urea groups is 1. The zero-order chi connectivity index (χ0) is 20.8. The van der Waals surface area contributed by atoms with Crippen LogP contribution in [0.2, 0.25) is 0 Å². The van der Waals surface area contributed by atoms with Crippen molar-refractivity contribution in [2.45, 2.75) is 64.3 Å². The van der Waals surface area contributed by atoms with Crippen molar-refractivity contribution in [3.63, 3.8) is 0 Å². The molecule has 1 saturated carbocycles. The third kappa shape index (κ3) is 5.74. The maximum atomic E-state index is 12.6. The van der Waals surface area contributed by atoms with Crippen LogP contribution < -0.4 is 5.32 Å². The SMILES string of the molecule is CC(C)C(=O)N1CCC(N(C)C(=O)NCC2CCC(c3ccccc3)CC2)CC1. The molecule has 3 rings (SSSR count). The number of benzene rings is 1. The maximum absolute atomic E-state index is 12.6. The summed E-state index contributed by atoms with van der Waals surface area (Å²) in [7, 11) is 1.90. The van der Waals surface area contributed by atoms with Gasteiger partial charge >= 0.3 is 6.03 Å². The number of amides is 3. The van der Waals surface area contributed by atoms with Crippen LogP contribution in [0, 0.1) is 11.8 Å². The van der Waals surface area contributed by atoms with Gasteiger partial charge in [-0.05, 0) is 55.9 Å². The van der Waals surface area contributed by atoms with Crippen LogP contribution >= 0.6 is 0 Å². The first kappa shape index (κ1) is 21.7. The molecule has 5 nitrogen and oxygen atoms in total. The standard InChI is InChI=1S/C24H37N3O2/c1-18(2)23(28)27-15-13-22(14-16-27)26(3)24(29)25-17-19-9-11-21(12-10-19)20-7-5-4-6-8-20/h4-8,18-19,21-22H,9-17H2,1-3H3,(H,25,29). The fraction of sp³-hybridized carbons (Fsp3) is 0.667. The lowest BCUT2D eigenvalue weighted by Crippen LogP contribution is -2.51. The number of rotatable bonds is 5. The van der Waals surface area contributed by atoms with E-state index in [-0.39, 0.29) is 23.9 Å². The average molecular weight is 400 g/mol. The Bertz CT molecular complexity index is 660. The van der Waals surface area contributed by atoms with E-state index in [9.17, 15) is 9.59 Å². The predicted octanol–water partition coefficient (Wildman–Crippen LogP) is 4.25. The van der Waals surface area contributed by atoms with Crippen molar-refractivity contribution in [2.75, 3.05) is 26.7 Å². The molecule has 1 aliphatic carbocycles. The molecule has 0 aromatic heterocycles. The summed E-state index contributed by atoms with van der Waals surface area (Å²) in [6, 6.07) is 11.1. The highest BCUT2D eigenvalue weighted by Crippen LogP contribution is 2.35. The van der Waals surface area contributed by atoms with E-state index in [0.717, 1.165) is 32.5 Å². The number of hydrogen-bond acceptors (Lipinski definition) is 2. The average Bonchev–Trinajstić information content (AvgIpc) is 2.77. The normalized spacial score (nSPS) is 23.1. The molecular formula is C24H37N3O2. The molecule has 1 aromatic rings. The van der Waals surface area contributed by atoms with Crippen LogP contribution in [0.3, 0.4) is 0 Å². The van der Waals surface area contributed by atoms with Crippen molar-refractivity contribution in [3.05, 3.63) is 35.9 Å². The van der Waals surface area contributed by atoms with Gasteiger partial charge in [0.15, 0.2) is 0 Å². The van der Waals surface area contributed by atoms with E-state index in [1.807, 2.05) is 30.7 Å². The Morgan fingerprint density at radius 1 is 1.03 bits per heavy atom. The third-order valence-corrected chi connectivity index (χ3v) is 6.80. The molecule has 0 atom stereocenters. The summed E-state index contributed by atoms with van der Waals surface area (Å²) in [5.74, 6) is 1.52. The molecule has 1 saturated heterocycles. The highest BCUT2D eigenvalue weighted by molar-refractivity contribution is 5.78. The van der Waals surface area contributed by atoms with Crippen LogP contribution in [0.15, 0.2) is 30.3 Å². The molecule has 2 fully saturated rings. The van der Waals surface area contributed by atoms with E-state index < -0.39 is 0 Å². The van der Waals surface area contributed by atoms with Gasteiger partial charge in [-0.2, -0.15) is 0 Å². The highest BCUT2D eigenvalue weighted by atomic mass is 16.2. The minimum Gasteiger partial charge on any atom is -0.342 e. The number of likely N-dealkylation sites (tertiary alicyclic amines) is 1. The molecule has 3 amide bonds. The summed E-state index contributed by atoms with van der Waals surface area (Å²) in [6.07, 6.45) is 6.51. The number of carbonyl (C=O) groups excluding carboxylic acids is 2. The molecule has 1 N–H and O–H groups in total. The summed E-state index contributed by atoms with van der Waals surface area (Å²) in [5.41, 5.74) is 1.46. The van der Waals surface area contributed by atoms with E-state index in [4.69, 9.17) is 0 Å². The second-order valence-corrected chi connectivity index (χ2v) is 9.14. The molecular weight excluding hydrogens is 362 g/mol.